The molecule has 0 radical (unpaired) electrons. The van der Waals surface area contributed by atoms with Crippen molar-refractivity contribution in [1.29, 1.82) is 0 Å². The molecular formula is C35H38Cl2N6O4. The van der Waals surface area contributed by atoms with Crippen molar-refractivity contribution in [3.63, 3.8) is 0 Å². The quantitative estimate of drug-likeness (QED) is 0.200. The molecule has 2 aromatic heterocycles. The van der Waals surface area contributed by atoms with Gasteiger partial charge in [-0.15, -0.1) is 0 Å². The summed E-state index contributed by atoms with van der Waals surface area (Å²) in [6.45, 7) is 9.74. The van der Waals surface area contributed by atoms with Gasteiger partial charge in [0.25, 0.3) is 0 Å². The second-order valence-electron chi connectivity index (χ2n) is 11.8. The van der Waals surface area contributed by atoms with E-state index in [1.54, 1.807) is 41.5 Å². The van der Waals surface area contributed by atoms with E-state index in [0.29, 0.717) is 46.9 Å². The number of benzene rings is 3. The molecule has 0 saturated carbocycles. The number of rotatable bonds is 8. The van der Waals surface area contributed by atoms with Crippen LogP contribution in [-0.2, 0) is 21.8 Å². The van der Waals surface area contributed by atoms with Gasteiger partial charge in [-0.1, -0.05) is 47.5 Å². The number of halogens is 2. The summed E-state index contributed by atoms with van der Waals surface area (Å²) < 4.78 is 20.4. The highest BCUT2D eigenvalue weighted by atomic mass is 35.5. The standard InChI is InChI=1S/C26H31Cl2N5O3.C9H7NO/c1-19(2)31-9-11-32(12-10-31)21-4-6-22(7-5-21)34-14-23-15-35-26(36-23,16-33-18-29-17-30-33)24-8-3-20(27)13-25(24)28;11-8-5-1-3-7-4-2-6-10-9(7)8/h3-8,13,17-19,23H,9-12,14-16H2,1-2H3;1-6,11H/t23-,26-;/m0./s1. The van der Waals surface area contributed by atoms with Crippen molar-refractivity contribution in [3.8, 4) is 11.5 Å². The normalized spacial score (nSPS) is 19.9. The molecule has 2 aliphatic heterocycles. The maximum Gasteiger partial charge on any atom is 0.217 e. The number of piperazine rings is 1. The van der Waals surface area contributed by atoms with Crippen LogP contribution in [0.25, 0.3) is 10.9 Å². The predicted molar refractivity (Wildman–Crippen MR) is 183 cm³/mol. The van der Waals surface area contributed by atoms with E-state index in [9.17, 15) is 5.11 Å². The average Bonchev–Trinajstić information content (AvgIpc) is 3.75. The fourth-order valence-electron chi connectivity index (χ4n) is 5.81. The van der Waals surface area contributed by atoms with Crippen LogP contribution >= 0.6 is 23.2 Å². The molecule has 0 spiro atoms. The van der Waals surface area contributed by atoms with Gasteiger partial charge >= 0.3 is 0 Å². The summed E-state index contributed by atoms with van der Waals surface area (Å²) in [7, 11) is 0. The zero-order chi connectivity index (χ0) is 32.8. The van der Waals surface area contributed by atoms with Crippen LogP contribution in [0, 0.1) is 0 Å². The van der Waals surface area contributed by atoms with Crippen molar-refractivity contribution in [1.82, 2.24) is 24.6 Å². The summed E-state index contributed by atoms with van der Waals surface area (Å²) in [5, 5.41) is 15.5. The SMILES string of the molecule is CC(C)N1CCN(c2ccc(OC[C@H]3CO[C@](Cn4cncn4)(c4ccc(Cl)cc4Cl)O3)cc2)CC1.Oc1cccc2cccnc12. The van der Waals surface area contributed by atoms with Gasteiger partial charge in [-0.05, 0) is 62.4 Å². The molecule has 47 heavy (non-hydrogen) atoms. The maximum atomic E-state index is 9.31. The number of hydrogen-bond acceptors (Lipinski definition) is 9. The highest BCUT2D eigenvalue weighted by Crippen LogP contribution is 2.40. The monoisotopic (exact) mass is 676 g/mol. The Morgan fingerprint density at radius 3 is 2.49 bits per heavy atom. The highest BCUT2D eigenvalue weighted by molar-refractivity contribution is 6.35. The van der Waals surface area contributed by atoms with Gasteiger partial charge in [-0.3, -0.25) is 9.88 Å². The van der Waals surface area contributed by atoms with Crippen LogP contribution in [0.2, 0.25) is 10.0 Å². The first-order valence-corrected chi connectivity index (χ1v) is 16.4. The molecule has 1 N–H and O–H groups in total. The first-order valence-electron chi connectivity index (χ1n) is 15.6. The van der Waals surface area contributed by atoms with E-state index in [0.717, 1.165) is 37.3 Å². The number of hydrogen-bond donors (Lipinski definition) is 1. The molecule has 0 amide bonds. The number of anilines is 1. The Morgan fingerprint density at radius 2 is 1.79 bits per heavy atom. The van der Waals surface area contributed by atoms with Gasteiger partial charge in [0.05, 0.1) is 11.6 Å². The molecule has 0 unspecified atom stereocenters. The minimum Gasteiger partial charge on any atom is -0.506 e. The van der Waals surface area contributed by atoms with Gasteiger partial charge < -0.3 is 24.2 Å². The molecule has 3 aromatic carbocycles. The third-order valence-corrected chi connectivity index (χ3v) is 8.88. The van der Waals surface area contributed by atoms with Crippen LogP contribution in [0.15, 0.2) is 91.6 Å². The van der Waals surface area contributed by atoms with Crippen LogP contribution in [0.4, 0.5) is 5.69 Å². The molecule has 4 heterocycles. The van der Waals surface area contributed by atoms with Crippen molar-refractivity contribution in [3.05, 3.63) is 107 Å². The van der Waals surface area contributed by atoms with Crippen LogP contribution in [0.3, 0.4) is 0 Å². The van der Waals surface area contributed by atoms with Gasteiger partial charge in [0.2, 0.25) is 5.79 Å². The number of phenols is 1. The second kappa shape index (κ2) is 14.9. The Morgan fingerprint density at radius 1 is 1.00 bits per heavy atom. The number of pyridine rings is 1. The molecule has 2 fully saturated rings. The third-order valence-electron chi connectivity index (χ3n) is 8.33. The van der Waals surface area contributed by atoms with Crippen molar-refractivity contribution >= 4 is 39.8 Å². The third kappa shape index (κ3) is 7.97. The van der Waals surface area contributed by atoms with Gasteiger partial charge in [0.15, 0.2) is 0 Å². The minimum atomic E-state index is -1.12. The Kier molecular flexibility index (Phi) is 10.4. The lowest BCUT2D eigenvalue weighted by molar-refractivity contribution is -0.190. The first-order chi connectivity index (χ1) is 22.8. The number of aromatic nitrogens is 4. The molecule has 0 bridgehead atoms. The van der Waals surface area contributed by atoms with E-state index in [1.807, 2.05) is 36.4 Å². The number of nitrogens with zero attached hydrogens (tertiary/aromatic N) is 6. The maximum absolute atomic E-state index is 9.31. The van der Waals surface area contributed by atoms with E-state index in [4.69, 9.17) is 37.4 Å². The minimum absolute atomic E-state index is 0.239. The molecular weight excluding hydrogens is 639 g/mol. The Hall–Kier alpha value is -3.93. The van der Waals surface area contributed by atoms with E-state index in [-0.39, 0.29) is 11.9 Å². The number of fused-ring (bicyclic) bond motifs is 1. The van der Waals surface area contributed by atoms with Gasteiger partial charge in [0.1, 0.15) is 48.9 Å². The molecule has 0 aliphatic carbocycles. The summed E-state index contributed by atoms with van der Waals surface area (Å²) in [6, 6.07) is 23.3. The summed E-state index contributed by atoms with van der Waals surface area (Å²) in [6.07, 6.45) is 4.47. The molecule has 246 valence electrons. The first kappa shape index (κ1) is 33.0. The molecule has 12 heteroatoms. The molecule has 7 rings (SSSR count). The van der Waals surface area contributed by atoms with E-state index >= 15 is 0 Å². The summed E-state index contributed by atoms with van der Waals surface area (Å²) in [4.78, 5) is 13.0. The van der Waals surface area contributed by atoms with E-state index in [2.05, 4.69) is 50.8 Å². The van der Waals surface area contributed by atoms with Crippen LogP contribution < -0.4 is 9.64 Å². The number of aromatic hydroxyl groups is 1. The highest BCUT2D eigenvalue weighted by Gasteiger charge is 2.45. The fourth-order valence-corrected chi connectivity index (χ4v) is 6.36. The number of ether oxygens (including phenoxy) is 3. The molecule has 2 atom stereocenters. The smallest absolute Gasteiger partial charge is 0.217 e. The van der Waals surface area contributed by atoms with Crippen molar-refractivity contribution < 1.29 is 19.3 Å². The molecule has 2 saturated heterocycles. The van der Waals surface area contributed by atoms with Crippen LogP contribution in [0.5, 0.6) is 11.5 Å². The van der Waals surface area contributed by atoms with Crippen LogP contribution in [-0.4, -0.2) is 81.3 Å². The van der Waals surface area contributed by atoms with E-state index in [1.165, 1.54) is 12.0 Å². The summed E-state index contributed by atoms with van der Waals surface area (Å²) >= 11 is 12.7. The van der Waals surface area contributed by atoms with Crippen molar-refractivity contribution in [2.75, 3.05) is 44.3 Å². The van der Waals surface area contributed by atoms with E-state index < -0.39 is 5.79 Å². The average molecular weight is 678 g/mol. The largest absolute Gasteiger partial charge is 0.506 e. The predicted octanol–water partition coefficient (Wildman–Crippen LogP) is 6.40. The Labute approximate surface area is 284 Å². The molecule has 2 aliphatic rings. The van der Waals surface area contributed by atoms with Gasteiger partial charge in [-0.2, -0.15) is 5.10 Å². The zero-order valence-corrected chi connectivity index (χ0v) is 27.9. The summed E-state index contributed by atoms with van der Waals surface area (Å²) in [5.41, 5.74) is 2.57. The second-order valence-corrected chi connectivity index (χ2v) is 12.6. The Balaban J connectivity index is 0.000000295. The van der Waals surface area contributed by atoms with Gasteiger partial charge in [-0.25, -0.2) is 9.67 Å². The Bertz CT molecular complexity index is 1740. The lowest BCUT2D eigenvalue weighted by atomic mass is 10.1. The fraction of sp³-hybridized carbons (Fsp3) is 0.343. The lowest BCUT2D eigenvalue weighted by Crippen LogP contribution is -2.48. The molecule has 10 nitrogen and oxygen atoms in total. The van der Waals surface area contributed by atoms with Crippen LogP contribution in [0.1, 0.15) is 19.4 Å². The topological polar surface area (TPSA) is 98.0 Å². The lowest BCUT2D eigenvalue weighted by Gasteiger charge is -2.38. The van der Waals surface area contributed by atoms with Gasteiger partial charge in [0, 0.05) is 60.1 Å². The number of phenolic OH excluding ortho intramolecular Hbond substituents is 1. The molecule has 5 aromatic rings. The number of para-hydroxylation sites is 1. The van der Waals surface area contributed by atoms with Crippen molar-refractivity contribution in [2.45, 2.75) is 38.3 Å². The van der Waals surface area contributed by atoms with Crippen molar-refractivity contribution in [2.24, 2.45) is 0 Å². The zero-order valence-electron chi connectivity index (χ0n) is 26.4. The summed E-state index contributed by atoms with van der Waals surface area (Å²) in [5.74, 6) is -0.0876.